The Hall–Kier alpha value is -1.60. The predicted molar refractivity (Wildman–Crippen MR) is 69.2 cm³/mol. The summed E-state index contributed by atoms with van der Waals surface area (Å²) in [4.78, 5) is 12.9. The molecule has 0 atom stereocenters. The fraction of sp³-hybridized carbons (Fsp3) is 0.364. The Labute approximate surface area is 109 Å². The molecule has 2 aromatic heterocycles. The molecule has 2 aromatic rings. The van der Waals surface area contributed by atoms with Gasteiger partial charge in [-0.25, -0.2) is 20.8 Å². The summed E-state index contributed by atoms with van der Waals surface area (Å²) in [5, 5.41) is 1.28. The summed E-state index contributed by atoms with van der Waals surface area (Å²) in [6.45, 7) is 6.13. The Morgan fingerprint density at radius 2 is 2.11 bits per heavy atom. The summed E-state index contributed by atoms with van der Waals surface area (Å²) in [5.74, 6) is 6.70. The number of hydrogen-bond acceptors (Lipinski definition) is 7. The molecule has 0 spiro atoms. The van der Waals surface area contributed by atoms with E-state index in [4.69, 9.17) is 10.3 Å². The van der Waals surface area contributed by atoms with Gasteiger partial charge in [-0.05, 0) is 11.8 Å². The van der Waals surface area contributed by atoms with Crippen molar-refractivity contribution in [1.82, 2.24) is 15.0 Å². The van der Waals surface area contributed by atoms with Crippen LogP contribution in [0.5, 0.6) is 0 Å². The maximum absolute atomic E-state index is 5.42. The molecule has 2 heterocycles. The van der Waals surface area contributed by atoms with Gasteiger partial charge in [0.05, 0.1) is 6.20 Å². The highest BCUT2D eigenvalue weighted by Crippen LogP contribution is 2.28. The van der Waals surface area contributed by atoms with Crippen molar-refractivity contribution >= 4 is 17.6 Å². The van der Waals surface area contributed by atoms with E-state index >= 15 is 0 Å². The molecule has 0 aromatic carbocycles. The quantitative estimate of drug-likeness (QED) is 0.499. The van der Waals surface area contributed by atoms with E-state index in [-0.39, 0.29) is 5.41 Å². The average molecular weight is 265 g/mol. The van der Waals surface area contributed by atoms with E-state index in [2.05, 4.69) is 20.4 Å². The molecule has 96 valence electrons. The first-order valence-electron chi connectivity index (χ1n) is 5.42. The van der Waals surface area contributed by atoms with Gasteiger partial charge in [0.25, 0.3) is 5.22 Å². The Balaban J connectivity index is 2.35. The van der Waals surface area contributed by atoms with Gasteiger partial charge >= 0.3 is 0 Å². The topological polar surface area (TPSA) is 89.9 Å². The third kappa shape index (κ3) is 2.99. The number of anilines is 1. The van der Waals surface area contributed by atoms with E-state index in [0.29, 0.717) is 16.9 Å². The average Bonchev–Trinajstić information content (AvgIpc) is 2.80. The van der Waals surface area contributed by atoms with Crippen molar-refractivity contribution in [2.45, 2.75) is 36.4 Å². The molecule has 2 rings (SSSR count). The number of oxazole rings is 1. The SMILES string of the molecule is CC(C)(C)c1nc(NN)cc(Sc2ncco2)n1. The van der Waals surface area contributed by atoms with Gasteiger partial charge in [0.15, 0.2) is 0 Å². The molecule has 0 amide bonds. The molecule has 0 bridgehead atoms. The van der Waals surface area contributed by atoms with Crippen molar-refractivity contribution in [3.05, 3.63) is 24.4 Å². The van der Waals surface area contributed by atoms with Gasteiger partial charge in [-0.2, -0.15) is 0 Å². The molecule has 0 aliphatic carbocycles. The standard InChI is InChI=1S/C11H15N5OS/c1-11(2,3)9-14-7(16-12)6-8(15-9)18-10-13-4-5-17-10/h4-6H,12H2,1-3H3,(H,14,15,16). The molecule has 18 heavy (non-hydrogen) atoms. The molecular weight excluding hydrogens is 250 g/mol. The molecule has 0 fully saturated rings. The largest absolute Gasteiger partial charge is 0.440 e. The molecule has 0 aliphatic rings. The zero-order valence-corrected chi connectivity index (χ0v) is 11.3. The first-order chi connectivity index (χ1) is 8.49. The van der Waals surface area contributed by atoms with Crippen LogP contribution in [0.2, 0.25) is 0 Å². The van der Waals surface area contributed by atoms with E-state index in [9.17, 15) is 0 Å². The number of nitrogens with two attached hydrogens (primary N) is 1. The van der Waals surface area contributed by atoms with Crippen molar-refractivity contribution in [3.8, 4) is 0 Å². The second-order valence-electron chi connectivity index (χ2n) is 4.71. The van der Waals surface area contributed by atoms with Crippen LogP contribution in [0.3, 0.4) is 0 Å². The highest BCUT2D eigenvalue weighted by molar-refractivity contribution is 7.99. The van der Waals surface area contributed by atoms with Crippen LogP contribution in [-0.2, 0) is 5.41 Å². The number of nitrogen functional groups attached to an aromatic ring is 1. The summed E-state index contributed by atoms with van der Waals surface area (Å²) in [6, 6.07) is 1.75. The normalized spacial score (nSPS) is 11.6. The summed E-state index contributed by atoms with van der Waals surface area (Å²) in [5.41, 5.74) is 2.39. The molecule has 7 heteroatoms. The zero-order valence-electron chi connectivity index (χ0n) is 10.5. The van der Waals surface area contributed by atoms with Crippen LogP contribution in [0.25, 0.3) is 0 Å². The summed E-state index contributed by atoms with van der Waals surface area (Å²) >= 11 is 1.33. The van der Waals surface area contributed by atoms with Gasteiger partial charge in [-0.3, -0.25) is 0 Å². The summed E-state index contributed by atoms with van der Waals surface area (Å²) < 4.78 is 5.18. The third-order valence-corrected chi connectivity index (χ3v) is 2.92. The predicted octanol–water partition coefficient (Wildman–Crippen LogP) is 2.20. The number of hydrazine groups is 1. The van der Waals surface area contributed by atoms with Crippen LogP contribution < -0.4 is 11.3 Å². The van der Waals surface area contributed by atoms with Crippen LogP contribution in [0.4, 0.5) is 5.82 Å². The molecule has 6 nitrogen and oxygen atoms in total. The second kappa shape index (κ2) is 4.95. The number of hydrogen-bond donors (Lipinski definition) is 2. The lowest BCUT2D eigenvalue weighted by molar-refractivity contribution is 0.453. The summed E-state index contributed by atoms with van der Waals surface area (Å²) in [6.07, 6.45) is 3.12. The van der Waals surface area contributed by atoms with Crippen LogP contribution >= 0.6 is 11.8 Å². The molecule has 0 aliphatic heterocycles. The first-order valence-corrected chi connectivity index (χ1v) is 6.24. The third-order valence-electron chi connectivity index (χ3n) is 2.12. The first kappa shape index (κ1) is 12.8. The fourth-order valence-electron chi connectivity index (χ4n) is 1.24. The molecular formula is C11H15N5OS. The molecule has 0 saturated carbocycles. The minimum Gasteiger partial charge on any atom is -0.440 e. The van der Waals surface area contributed by atoms with E-state index in [0.717, 1.165) is 5.03 Å². The number of rotatable bonds is 3. The van der Waals surface area contributed by atoms with Crippen molar-refractivity contribution < 1.29 is 4.42 Å². The van der Waals surface area contributed by atoms with Crippen molar-refractivity contribution in [2.24, 2.45) is 5.84 Å². The van der Waals surface area contributed by atoms with Crippen LogP contribution in [0, 0.1) is 0 Å². The van der Waals surface area contributed by atoms with Gasteiger partial charge in [-0.1, -0.05) is 20.8 Å². The second-order valence-corrected chi connectivity index (χ2v) is 5.68. The van der Waals surface area contributed by atoms with Gasteiger partial charge < -0.3 is 9.84 Å². The van der Waals surface area contributed by atoms with Crippen LogP contribution in [-0.4, -0.2) is 15.0 Å². The lowest BCUT2D eigenvalue weighted by Crippen LogP contribution is -2.19. The number of nitrogens with zero attached hydrogens (tertiary/aromatic N) is 3. The van der Waals surface area contributed by atoms with Crippen LogP contribution in [0.15, 0.2) is 33.2 Å². The Morgan fingerprint density at radius 3 is 2.67 bits per heavy atom. The van der Waals surface area contributed by atoms with Crippen molar-refractivity contribution in [2.75, 3.05) is 5.43 Å². The lowest BCUT2D eigenvalue weighted by atomic mass is 9.96. The lowest BCUT2D eigenvalue weighted by Gasteiger charge is -2.17. The highest BCUT2D eigenvalue weighted by atomic mass is 32.2. The Kier molecular flexibility index (Phi) is 3.53. The van der Waals surface area contributed by atoms with Crippen LogP contribution in [0.1, 0.15) is 26.6 Å². The van der Waals surface area contributed by atoms with E-state index < -0.39 is 0 Å². The van der Waals surface area contributed by atoms with E-state index in [1.807, 2.05) is 20.8 Å². The number of aromatic nitrogens is 3. The fourth-order valence-corrected chi connectivity index (χ4v) is 1.94. The van der Waals surface area contributed by atoms with Gasteiger partial charge in [0.2, 0.25) is 0 Å². The number of nitrogens with one attached hydrogen (secondary N) is 1. The maximum atomic E-state index is 5.42. The maximum Gasteiger partial charge on any atom is 0.261 e. The summed E-state index contributed by atoms with van der Waals surface area (Å²) in [7, 11) is 0. The molecule has 0 unspecified atom stereocenters. The van der Waals surface area contributed by atoms with E-state index in [1.165, 1.54) is 18.0 Å². The zero-order chi connectivity index (χ0) is 13.2. The monoisotopic (exact) mass is 265 g/mol. The minimum absolute atomic E-state index is 0.154. The minimum atomic E-state index is -0.154. The van der Waals surface area contributed by atoms with Crippen molar-refractivity contribution in [1.29, 1.82) is 0 Å². The van der Waals surface area contributed by atoms with Gasteiger partial charge in [0.1, 0.15) is 22.9 Å². The smallest absolute Gasteiger partial charge is 0.261 e. The molecule has 0 saturated heterocycles. The molecule has 0 radical (unpaired) electrons. The van der Waals surface area contributed by atoms with Gasteiger partial charge in [0, 0.05) is 11.5 Å². The highest BCUT2D eigenvalue weighted by Gasteiger charge is 2.19. The van der Waals surface area contributed by atoms with E-state index in [1.54, 1.807) is 12.3 Å². The molecule has 3 N–H and O–H groups in total. The van der Waals surface area contributed by atoms with Crippen molar-refractivity contribution in [3.63, 3.8) is 0 Å². The Morgan fingerprint density at radius 1 is 1.33 bits per heavy atom. The Bertz CT molecular complexity index is 521. The van der Waals surface area contributed by atoms with Gasteiger partial charge in [-0.15, -0.1) is 0 Å².